The van der Waals surface area contributed by atoms with Gasteiger partial charge in [-0.15, -0.1) is 0 Å². The van der Waals surface area contributed by atoms with Crippen LogP contribution in [0.1, 0.15) is 38.4 Å². The molecule has 0 amide bonds. The lowest BCUT2D eigenvalue weighted by Crippen LogP contribution is -2.07. The molecule has 0 heterocycles. The number of aliphatic hydroxyl groups excluding tert-OH is 1. The summed E-state index contributed by atoms with van der Waals surface area (Å²) >= 11 is 0. The quantitative estimate of drug-likeness (QED) is 0.598. The number of carbonyl (C=O) groups is 1. The fraction of sp³-hybridized carbons (Fsp3) is 0.500. The van der Waals surface area contributed by atoms with E-state index in [2.05, 4.69) is 0 Å². The zero-order chi connectivity index (χ0) is 13.4. The van der Waals surface area contributed by atoms with Crippen LogP contribution in [0.2, 0.25) is 0 Å². The van der Waals surface area contributed by atoms with Gasteiger partial charge in [0.05, 0.1) is 19.3 Å². The van der Waals surface area contributed by atoms with Crippen LogP contribution in [0.15, 0.2) is 24.3 Å². The molecule has 0 aliphatic carbocycles. The lowest BCUT2D eigenvalue weighted by molar-refractivity contribution is -0.143. The molecule has 0 fully saturated rings. The molecule has 1 rings (SSSR count). The maximum atomic E-state index is 11.1. The third kappa shape index (κ3) is 4.75. The van der Waals surface area contributed by atoms with Crippen molar-refractivity contribution in [2.24, 2.45) is 0 Å². The lowest BCUT2D eigenvalue weighted by atomic mass is 10.1. The van der Waals surface area contributed by atoms with Crippen molar-refractivity contribution in [1.82, 2.24) is 0 Å². The maximum Gasteiger partial charge on any atom is 0.305 e. The molecular weight excluding hydrogens is 232 g/mol. The van der Waals surface area contributed by atoms with Crippen molar-refractivity contribution < 1.29 is 19.4 Å². The largest absolute Gasteiger partial charge is 0.493 e. The first kappa shape index (κ1) is 14.5. The fourth-order valence-corrected chi connectivity index (χ4v) is 1.59. The third-order valence-electron chi connectivity index (χ3n) is 2.46. The van der Waals surface area contributed by atoms with Gasteiger partial charge in [0.1, 0.15) is 5.75 Å². The van der Waals surface area contributed by atoms with E-state index < -0.39 is 6.10 Å². The summed E-state index contributed by atoms with van der Waals surface area (Å²) in [6, 6.07) is 7.35. The Morgan fingerprint density at radius 3 is 2.78 bits per heavy atom. The predicted octanol–water partition coefficient (Wildman–Crippen LogP) is 2.46. The molecule has 0 aliphatic rings. The van der Waals surface area contributed by atoms with Crippen LogP contribution < -0.4 is 4.74 Å². The second-order valence-corrected chi connectivity index (χ2v) is 3.97. The van der Waals surface area contributed by atoms with Crippen molar-refractivity contribution in [3.8, 4) is 5.75 Å². The highest BCUT2D eigenvalue weighted by molar-refractivity contribution is 5.69. The zero-order valence-electron chi connectivity index (χ0n) is 10.9. The molecule has 0 radical (unpaired) electrons. The van der Waals surface area contributed by atoms with Crippen LogP contribution in [0.5, 0.6) is 5.75 Å². The Labute approximate surface area is 108 Å². The zero-order valence-corrected chi connectivity index (χ0v) is 10.9. The Hall–Kier alpha value is -1.55. The molecule has 0 aliphatic heterocycles. The van der Waals surface area contributed by atoms with Gasteiger partial charge in [0.15, 0.2) is 0 Å². The Kier molecular flexibility index (Phi) is 6.22. The standard InChI is InChI=1S/C14H20O4/c1-3-17-14(16)9-6-10-18-13-8-5-4-7-12(13)11(2)15/h4-5,7-8,11,15H,3,6,9-10H2,1-2H3. The summed E-state index contributed by atoms with van der Waals surface area (Å²) in [5.74, 6) is 0.460. The molecule has 0 saturated heterocycles. The van der Waals surface area contributed by atoms with Gasteiger partial charge in [0.2, 0.25) is 0 Å². The van der Waals surface area contributed by atoms with Crippen molar-refractivity contribution in [3.63, 3.8) is 0 Å². The molecular formula is C14H20O4. The van der Waals surface area contributed by atoms with E-state index in [-0.39, 0.29) is 5.97 Å². The highest BCUT2D eigenvalue weighted by Crippen LogP contribution is 2.24. The van der Waals surface area contributed by atoms with Gasteiger partial charge >= 0.3 is 5.97 Å². The molecule has 1 aromatic rings. The summed E-state index contributed by atoms with van der Waals surface area (Å²) in [5, 5.41) is 9.57. The van der Waals surface area contributed by atoms with Crippen molar-refractivity contribution in [2.75, 3.05) is 13.2 Å². The number of ether oxygens (including phenoxy) is 2. The van der Waals surface area contributed by atoms with Crippen LogP contribution >= 0.6 is 0 Å². The van der Waals surface area contributed by atoms with E-state index in [4.69, 9.17) is 9.47 Å². The van der Waals surface area contributed by atoms with Gasteiger partial charge in [0, 0.05) is 12.0 Å². The number of hydrogen-bond donors (Lipinski definition) is 1. The molecule has 1 aromatic carbocycles. The van der Waals surface area contributed by atoms with Gasteiger partial charge in [-0.05, 0) is 26.3 Å². The number of hydrogen-bond acceptors (Lipinski definition) is 4. The number of para-hydroxylation sites is 1. The molecule has 4 heteroatoms. The van der Waals surface area contributed by atoms with E-state index in [1.54, 1.807) is 13.8 Å². The third-order valence-corrected chi connectivity index (χ3v) is 2.46. The van der Waals surface area contributed by atoms with Crippen LogP contribution in [0.25, 0.3) is 0 Å². The number of carbonyl (C=O) groups excluding carboxylic acids is 1. The van der Waals surface area contributed by atoms with Gasteiger partial charge in [-0.25, -0.2) is 0 Å². The first-order chi connectivity index (χ1) is 8.65. The van der Waals surface area contributed by atoms with Gasteiger partial charge in [0.25, 0.3) is 0 Å². The van der Waals surface area contributed by atoms with Crippen LogP contribution in [0.3, 0.4) is 0 Å². The summed E-state index contributed by atoms with van der Waals surface area (Å²) in [4.78, 5) is 11.1. The van der Waals surface area contributed by atoms with Crippen LogP contribution in [-0.2, 0) is 9.53 Å². The Morgan fingerprint density at radius 2 is 2.11 bits per heavy atom. The summed E-state index contributed by atoms with van der Waals surface area (Å²) in [6.07, 6.45) is 0.392. The minimum Gasteiger partial charge on any atom is -0.493 e. The summed E-state index contributed by atoms with van der Waals surface area (Å²) in [6.45, 7) is 4.32. The fourth-order valence-electron chi connectivity index (χ4n) is 1.59. The highest BCUT2D eigenvalue weighted by Gasteiger charge is 2.08. The van der Waals surface area contributed by atoms with Crippen LogP contribution in [0, 0.1) is 0 Å². The second-order valence-electron chi connectivity index (χ2n) is 3.97. The lowest BCUT2D eigenvalue weighted by Gasteiger charge is -2.12. The first-order valence-electron chi connectivity index (χ1n) is 6.20. The van der Waals surface area contributed by atoms with Crippen LogP contribution in [-0.4, -0.2) is 24.3 Å². The molecule has 4 nitrogen and oxygen atoms in total. The molecule has 1 unspecified atom stereocenters. The number of esters is 1. The summed E-state index contributed by atoms with van der Waals surface area (Å²) < 4.78 is 10.4. The number of benzene rings is 1. The number of rotatable bonds is 7. The molecule has 1 atom stereocenters. The molecule has 1 N–H and O–H groups in total. The topological polar surface area (TPSA) is 55.8 Å². The van der Waals surface area contributed by atoms with Crippen LogP contribution in [0.4, 0.5) is 0 Å². The molecule has 100 valence electrons. The van der Waals surface area contributed by atoms with E-state index in [1.165, 1.54) is 0 Å². The second kappa shape index (κ2) is 7.71. The predicted molar refractivity (Wildman–Crippen MR) is 68.4 cm³/mol. The van der Waals surface area contributed by atoms with Crippen molar-refractivity contribution in [2.45, 2.75) is 32.8 Å². The highest BCUT2D eigenvalue weighted by atomic mass is 16.5. The molecule has 0 saturated carbocycles. The van der Waals surface area contributed by atoms with Gasteiger partial charge in [-0.2, -0.15) is 0 Å². The molecule has 18 heavy (non-hydrogen) atoms. The average Bonchev–Trinajstić information content (AvgIpc) is 2.35. The minimum atomic E-state index is -0.564. The minimum absolute atomic E-state index is 0.204. The molecule has 0 bridgehead atoms. The Balaban J connectivity index is 2.37. The monoisotopic (exact) mass is 252 g/mol. The van der Waals surface area contributed by atoms with Crippen molar-refractivity contribution in [3.05, 3.63) is 29.8 Å². The van der Waals surface area contributed by atoms with Gasteiger partial charge < -0.3 is 14.6 Å². The van der Waals surface area contributed by atoms with Gasteiger partial charge in [-0.3, -0.25) is 4.79 Å². The normalized spacial score (nSPS) is 11.9. The summed E-state index contributed by atoms with van der Waals surface area (Å²) in [7, 11) is 0. The Morgan fingerprint density at radius 1 is 1.39 bits per heavy atom. The number of aliphatic hydroxyl groups is 1. The van der Waals surface area contributed by atoms with Gasteiger partial charge in [-0.1, -0.05) is 18.2 Å². The first-order valence-corrected chi connectivity index (χ1v) is 6.20. The average molecular weight is 252 g/mol. The van der Waals surface area contributed by atoms with E-state index in [0.717, 1.165) is 5.56 Å². The van der Waals surface area contributed by atoms with E-state index in [1.807, 2.05) is 24.3 Å². The molecule has 0 spiro atoms. The molecule has 0 aromatic heterocycles. The maximum absolute atomic E-state index is 11.1. The van der Waals surface area contributed by atoms with Crippen molar-refractivity contribution >= 4 is 5.97 Å². The van der Waals surface area contributed by atoms with E-state index in [9.17, 15) is 9.90 Å². The smallest absolute Gasteiger partial charge is 0.305 e. The SMILES string of the molecule is CCOC(=O)CCCOc1ccccc1C(C)O. The van der Waals surface area contributed by atoms with Crippen molar-refractivity contribution in [1.29, 1.82) is 0 Å². The van der Waals surface area contributed by atoms with E-state index in [0.29, 0.717) is 31.8 Å². The summed E-state index contributed by atoms with van der Waals surface area (Å²) in [5.41, 5.74) is 0.758. The van der Waals surface area contributed by atoms with E-state index >= 15 is 0 Å². The Bertz CT molecular complexity index is 374.